The van der Waals surface area contributed by atoms with Crippen LogP contribution in [0, 0.1) is 0 Å². The molecule has 22 heavy (non-hydrogen) atoms. The molecule has 5 nitrogen and oxygen atoms in total. The Hall–Kier alpha value is -2.69. The number of aromatic nitrogens is 3. The van der Waals surface area contributed by atoms with Gasteiger partial charge in [-0.15, -0.1) is 0 Å². The molecule has 0 saturated carbocycles. The zero-order valence-electron chi connectivity index (χ0n) is 12.1. The van der Waals surface area contributed by atoms with Gasteiger partial charge in [0, 0.05) is 31.4 Å². The summed E-state index contributed by atoms with van der Waals surface area (Å²) in [6.07, 6.45) is 3.93. The molecule has 5 heteroatoms. The second kappa shape index (κ2) is 5.26. The van der Waals surface area contributed by atoms with Crippen LogP contribution < -0.4 is 0 Å². The van der Waals surface area contributed by atoms with E-state index in [9.17, 15) is 4.79 Å². The first kappa shape index (κ1) is 13.0. The number of hydrogen-bond donors (Lipinski definition) is 1. The average molecular weight is 292 g/mol. The number of fused-ring (bicyclic) bond motifs is 1. The van der Waals surface area contributed by atoms with Crippen LogP contribution in [0.25, 0.3) is 11.0 Å². The molecule has 2 aromatic heterocycles. The van der Waals surface area contributed by atoms with Crippen molar-refractivity contribution in [1.82, 2.24) is 19.9 Å². The molecule has 0 unspecified atom stereocenters. The number of aromatic amines is 1. The number of rotatable bonds is 3. The van der Waals surface area contributed by atoms with Gasteiger partial charge in [0.1, 0.15) is 5.82 Å². The molecule has 110 valence electrons. The number of benzene rings is 1. The fraction of sp³-hybridized carbons (Fsp3) is 0.235. The number of imidazole rings is 1. The van der Waals surface area contributed by atoms with Gasteiger partial charge in [-0.1, -0.05) is 12.1 Å². The van der Waals surface area contributed by atoms with E-state index in [1.165, 1.54) is 5.56 Å². The van der Waals surface area contributed by atoms with Crippen LogP contribution in [-0.4, -0.2) is 38.8 Å². The van der Waals surface area contributed by atoms with Crippen LogP contribution in [0.5, 0.6) is 0 Å². The van der Waals surface area contributed by atoms with Crippen molar-refractivity contribution < 1.29 is 4.79 Å². The molecule has 0 atom stereocenters. The Morgan fingerprint density at radius 3 is 2.73 bits per heavy atom. The summed E-state index contributed by atoms with van der Waals surface area (Å²) >= 11 is 0. The fourth-order valence-electron chi connectivity index (χ4n) is 2.87. The van der Waals surface area contributed by atoms with Crippen LogP contribution in [0.2, 0.25) is 0 Å². The first-order chi connectivity index (χ1) is 10.8. The molecular weight excluding hydrogens is 276 g/mol. The second-order valence-electron chi connectivity index (χ2n) is 5.65. The quantitative estimate of drug-likeness (QED) is 0.804. The van der Waals surface area contributed by atoms with E-state index in [0.29, 0.717) is 12.3 Å². The van der Waals surface area contributed by atoms with Crippen LogP contribution >= 0.6 is 0 Å². The normalized spacial score (nSPS) is 15.0. The molecule has 1 fully saturated rings. The van der Waals surface area contributed by atoms with Crippen molar-refractivity contribution in [1.29, 1.82) is 0 Å². The van der Waals surface area contributed by atoms with Crippen molar-refractivity contribution in [2.75, 3.05) is 13.1 Å². The zero-order chi connectivity index (χ0) is 14.9. The van der Waals surface area contributed by atoms with Gasteiger partial charge in [-0.05, 0) is 29.8 Å². The molecule has 1 aliphatic heterocycles. The molecule has 4 rings (SSSR count). The van der Waals surface area contributed by atoms with Crippen LogP contribution in [0.3, 0.4) is 0 Å². The third-order valence-electron chi connectivity index (χ3n) is 4.17. The van der Waals surface area contributed by atoms with Crippen molar-refractivity contribution in [2.24, 2.45) is 0 Å². The first-order valence-electron chi connectivity index (χ1n) is 7.41. The van der Waals surface area contributed by atoms with Crippen molar-refractivity contribution in [2.45, 2.75) is 12.3 Å². The Labute approximate surface area is 128 Å². The number of likely N-dealkylation sites (tertiary alicyclic amines) is 1. The maximum absolute atomic E-state index is 12.3. The summed E-state index contributed by atoms with van der Waals surface area (Å²) in [5, 5.41) is 0. The predicted octanol–water partition coefficient (Wildman–Crippen LogP) is 2.13. The van der Waals surface area contributed by atoms with E-state index in [1.54, 1.807) is 12.4 Å². The van der Waals surface area contributed by atoms with E-state index in [2.05, 4.69) is 15.0 Å². The van der Waals surface area contributed by atoms with Crippen LogP contribution in [0.4, 0.5) is 0 Å². The molecule has 1 aromatic carbocycles. The highest BCUT2D eigenvalue weighted by molar-refractivity contribution is 5.81. The van der Waals surface area contributed by atoms with Gasteiger partial charge in [0.05, 0.1) is 17.5 Å². The minimum absolute atomic E-state index is 0.129. The van der Waals surface area contributed by atoms with E-state index in [-0.39, 0.29) is 5.91 Å². The number of hydrogen-bond acceptors (Lipinski definition) is 3. The number of H-pyrrole nitrogens is 1. The molecule has 1 amide bonds. The lowest BCUT2D eigenvalue weighted by Gasteiger charge is -2.39. The predicted molar refractivity (Wildman–Crippen MR) is 83.4 cm³/mol. The number of carbonyl (C=O) groups excluding carboxylic acids is 1. The Morgan fingerprint density at radius 2 is 1.95 bits per heavy atom. The maximum atomic E-state index is 12.3. The summed E-state index contributed by atoms with van der Waals surface area (Å²) in [5.41, 5.74) is 3.13. The maximum Gasteiger partial charge on any atom is 0.230 e. The lowest BCUT2D eigenvalue weighted by Crippen LogP contribution is -2.49. The van der Waals surface area contributed by atoms with E-state index < -0.39 is 0 Å². The SMILES string of the molecule is O=C(Cc1nc2ccccc2[nH]1)N1CC(c2ccncc2)C1. The lowest BCUT2D eigenvalue weighted by molar-refractivity contribution is -0.135. The number of amides is 1. The Kier molecular flexibility index (Phi) is 3.11. The molecule has 3 aromatic rings. The minimum atomic E-state index is 0.129. The van der Waals surface area contributed by atoms with Gasteiger partial charge in [-0.2, -0.15) is 0 Å². The Balaban J connectivity index is 1.39. The lowest BCUT2D eigenvalue weighted by atomic mass is 9.92. The monoisotopic (exact) mass is 292 g/mol. The van der Waals surface area contributed by atoms with Crippen molar-refractivity contribution >= 4 is 16.9 Å². The number of pyridine rings is 1. The highest BCUT2D eigenvalue weighted by Crippen LogP contribution is 2.26. The number of carbonyl (C=O) groups is 1. The number of nitrogens with one attached hydrogen (secondary N) is 1. The van der Waals surface area contributed by atoms with Gasteiger partial charge in [0.2, 0.25) is 5.91 Å². The minimum Gasteiger partial charge on any atom is -0.342 e. The van der Waals surface area contributed by atoms with E-state index >= 15 is 0 Å². The third kappa shape index (κ3) is 2.35. The first-order valence-corrected chi connectivity index (χ1v) is 7.41. The molecular formula is C17H16N4O. The molecule has 0 bridgehead atoms. The average Bonchev–Trinajstić information content (AvgIpc) is 2.89. The molecule has 1 saturated heterocycles. The van der Waals surface area contributed by atoms with Gasteiger partial charge in [0.15, 0.2) is 0 Å². The van der Waals surface area contributed by atoms with Gasteiger partial charge in [-0.25, -0.2) is 4.98 Å². The van der Waals surface area contributed by atoms with Gasteiger partial charge in [0.25, 0.3) is 0 Å². The summed E-state index contributed by atoms with van der Waals surface area (Å²) in [4.78, 5) is 25.9. The molecule has 0 spiro atoms. The van der Waals surface area contributed by atoms with E-state index in [0.717, 1.165) is 29.9 Å². The Morgan fingerprint density at radius 1 is 1.18 bits per heavy atom. The Bertz CT molecular complexity index is 773. The van der Waals surface area contributed by atoms with Crippen LogP contribution in [0.1, 0.15) is 17.3 Å². The van der Waals surface area contributed by atoms with E-state index in [1.807, 2.05) is 41.3 Å². The largest absolute Gasteiger partial charge is 0.342 e. The summed E-state index contributed by atoms with van der Waals surface area (Å²) in [6, 6.07) is 11.9. The molecule has 0 radical (unpaired) electrons. The highest BCUT2D eigenvalue weighted by Gasteiger charge is 2.31. The van der Waals surface area contributed by atoms with Gasteiger partial charge in [-0.3, -0.25) is 9.78 Å². The number of nitrogens with zero attached hydrogens (tertiary/aromatic N) is 3. The molecule has 3 heterocycles. The summed E-state index contributed by atoms with van der Waals surface area (Å²) in [5.74, 6) is 1.30. The summed E-state index contributed by atoms with van der Waals surface area (Å²) in [6.45, 7) is 1.56. The fourth-order valence-corrected chi connectivity index (χ4v) is 2.87. The van der Waals surface area contributed by atoms with Crippen molar-refractivity contribution in [3.63, 3.8) is 0 Å². The van der Waals surface area contributed by atoms with Crippen LogP contribution in [-0.2, 0) is 11.2 Å². The third-order valence-corrected chi connectivity index (χ3v) is 4.17. The highest BCUT2D eigenvalue weighted by atomic mass is 16.2. The topological polar surface area (TPSA) is 61.9 Å². The molecule has 1 N–H and O–H groups in total. The van der Waals surface area contributed by atoms with Crippen LogP contribution in [0.15, 0.2) is 48.8 Å². The van der Waals surface area contributed by atoms with Gasteiger partial charge >= 0.3 is 0 Å². The summed E-state index contributed by atoms with van der Waals surface area (Å²) in [7, 11) is 0. The summed E-state index contributed by atoms with van der Waals surface area (Å²) < 4.78 is 0. The van der Waals surface area contributed by atoms with Crippen molar-refractivity contribution in [3.8, 4) is 0 Å². The van der Waals surface area contributed by atoms with Gasteiger partial charge < -0.3 is 9.88 Å². The standard InChI is InChI=1S/C17H16N4O/c22-17(9-16-19-14-3-1-2-4-15(14)20-16)21-10-13(11-21)12-5-7-18-8-6-12/h1-8,13H,9-11H2,(H,19,20). The second-order valence-corrected chi connectivity index (χ2v) is 5.65. The van der Waals surface area contributed by atoms with Crippen molar-refractivity contribution in [3.05, 3.63) is 60.2 Å². The number of para-hydroxylation sites is 2. The molecule has 1 aliphatic rings. The zero-order valence-corrected chi connectivity index (χ0v) is 12.1. The smallest absolute Gasteiger partial charge is 0.230 e. The van der Waals surface area contributed by atoms with E-state index in [4.69, 9.17) is 0 Å². The molecule has 0 aliphatic carbocycles.